The Morgan fingerprint density at radius 3 is 2.68 bits per heavy atom. The maximum absolute atomic E-state index is 12.1. The van der Waals surface area contributed by atoms with Crippen LogP contribution in [0, 0.1) is 23.2 Å². The van der Waals surface area contributed by atoms with Crippen LogP contribution in [0.25, 0.3) is 22.0 Å². The number of hydrogen-bond donors (Lipinski definition) is 1. The van der Waals surface area contributed by atoms with E-state index >= 15 is 0 Å². The minimum absolute atomic E-state index is 0.0377. The van der Waals surface area contributed by atoms with Crippen LogP contribution in [-0.4, -0.2) is 39.8 Å². The zero-order valence-corrected chi connectivity index (χ0v) is 20.3. The summed E-state index contributed by atoms with van der Waals surface area (Å²) in [5.74, 6) is 0.720. The largest absolute Gasteiger partial charge is 0.476 e. The SMILES string of the molecule is CC(C)CC(CNC(=O)OC(C)(C)C)COc1ncc(-c2ccnc3ccncc23)cc1C#N. The normalized spacial score (nSPS) is 12.3. The minimum Gasteiger partial charge on any atom is -0.476 e. The van der Waals surface area contributed by atoms with Crippen molar-refractivity contribution in [2.24, 2.45) is 11.8 Å². The van der Waals surface area contributed by atoms with Crippen LogP contribution in [0.4, 0.5) is 4.79 Å². The Hall–Kier alpha value is -3.73. The van der Waals surface area contributed by atoms with Gasteiger partial charge < -0.3 is 14.8 Å². The lowest BCUT2D eigenvalue weighted by Crippen LogP contribution is -2.37. The number of carbonyl (C=O) groups is 1. The van der Waals surface area contributed by atoms with Gasteiger partial charge in [-0.3, -0.25) is 9.97 Å². The van der Waals surface area contributed by atoms with Gasteiger partial charge in [0, 0.05) is 48.2 Å². The zero-order valence-electron chi connectivity index (χ0n) is 20.3. The summed E-state index contributed by atoms with van der Waals surface area (Å²) in [5, 5.41) is 13.4. The monoisotopic (exact) mass is 461 g/mol. The number of pyridine rings is 3. The smallest absolute Gasteiger partial charge is 0.407 e. The zero-order chi connectivity index (χ0) is 24.7. The summed E-state index contributed by atoms with van der Waals surface area (Å²) in [6.45, 7) is 10.4. The van der Waals surface area contributed by atoms with Gasteiger partial charge in [-0.05, 0) is 56.9 Å². The fourth-order valence-corrected chi connectivity index (χ4v) is 3.65. The molecule has 8 nitrogen and oxygen atoms in total. The van der Waals surface area contributed by atoms with Crippen molar-refractivity contribution in [3.05, 3.63) is 48.5 Å². The number of rotatable bonds is 8. The van der Waals surface area contributed by atoms with E-state index in [2.05, 4.69) is 40.2 Å². The second-order valence-corrected chi connectivity index (χ2v) is 9.63. The number of carbonyl (C=O) groups excluding carboxylic acids is 1. The van der Waals surface area contributed by atoms with Crippen LogP contribution in [0.2, 0.25) is 0 Å². The summed E-state index contributed by atoms with van der Waals surface area (Å²) in [4.78, 5) is 25.0. The molecule has 3 aromatic heterocycles. The highest BCUT2D eigenvalue weighted by atomic mass is 16.6. The van der Waals surface area contributed by atoms with Crippen molar-refractivity contribution in [3.63, 3.8) is 0 Å². The number of nitrogens with one attached hydrogen (secondary N) is 1. The molecule has 1 atom stereocenters. The lowest BCUT2D eigenvalue weighted by Gasteiger charge is -2.23. The third-order valence-electron chi connectivity index (χ3n) is 5.02. The quantitative estimate of drug-likeness (QED) is 0.495. The Bertz CT molecular complexity index is 1180. The summed E-state index contributed by atoms with van der Waals surface area (Å²) in [7, 11) is 0. The Morgan fingerprint density at radius 2 is 1.97 bits per heavy atom. The fourth-order valence-electron chi connectivity index (χ4n) is 3.65. The van der Waals surface area contributed by atoms with Gasteiger partial charge in [0.2, 0.25) is 5.88 Å². The molecule has 1 N–H and O–H groups in total. The van der Waals surface area contributed by atoms with E-state index in [-0.39, 0.29) is 11.8 Å². The van der Waals surface area contributed by atoms with Crippen LogP contribution in [0.5, 0.6) is 5.88 Å². The van der Waals surface area contributed by atoms with Gasteiger partial charge >= 0.3 is 6.09 Å². The topological polar surface area (TPSA) is 110 Å². The third-order valence-corrected chi connectivity index (χ3v) is 5.02. The molecule has 1 amide bonds. The van der Waals surface area contributed by atoms with E-state index in [1.807, 2.05) is 32.9 Å². The molecule has 1 unspecified atom stereocenters. The predicted octanol–water partition coefficient (Wildman–Crippen LogP) is 5.13. The van der Waals surface area contributed by atoms with E-state index in [1.165, 1.54) is 0 Å². The van der Waals surface area contributed by atoms with Gasteiger partial charge in [0.05, 0.1) is 12.1 Å². The Kier molecular flexibility index (Phi) is 8.00. The third kappa shape index (κ3) is 6.88. The number of ether oxygens (including phenoxy) is 2. The van der Waals surface area contributed by atoms with Crippen molar-refractivity contribution in [2.45, 2.75) is 46.6 Å². The fraction of sp³-hybridized carbons (Fsp3) is 0.423. The van der Waals surface area contributed by atoms with Gasteiger partial charge in [-0.15, -0.1) is 0 Å². The van der Waals surface area contributed by atoms with Crippen LogP contribution >= 0.6 is 0 Å². The van der Waals surface area contributed by atoms with Crippen LogP contribution in [-0.2, 0) is 4.74 Å². The molecule has 0 aliphatic rings. The molecule has 0 aliphatic heterocycles. The van der Waals surface area contributed by atoms with E-state index in [4.69, 9.17) is 9.47 Å². The van der Waals surface area contributed by atoms with Gasteiger partial charge in [-0.25, -0.2) is 9.78 Å². The molecule has 0 spiro atoms. The molecule has 8 heteroatoms. The lowest BCUT2D eigenvalue weighted by molar-refractivity contribution is 0.0510. The van der Waals surface area contributed by atoms with Crippen LogP contribution in [0.1, 0.15) is 46.6 Å². The Morgan fingerprint density at radius 1 is 1.18 bits per heavy atom. The van der Waals surface area contributed by atoms with Crippen LogP contribution in [0.3, 0.4) is 0 Å². The minimum atomic E-state index is -0.558. The van der Waals surface area contributed by atoms with Crippen molar-refractivity contribution in [2.75, 3.05) is 13.2 Å². The summed E-state index contributed by atoms with van der Waals surface area (Å²) >= 11 is 0. The molecule has 0 saturated carbocycles. The first-order valence-corrected chi connectivity index (χ1v) is 11.3. The van der Waals surface area contributed by atoms with Crippen LogP contribution < -0.4 is 10.1 Å². The standard InChI is InChI=1S/C26H31N5O3/c1-17(2)10-18(13-31-25(32)34-26(3,4)5)16-33-24-19(12-27)11-20(14-30-24)21-6-9-29-23-7-8-28-15-22(21)23/h6-9,11,14-15,17-18H,10,13,16H2,1-5H3,(H,31,32). The van der Waals surface area contributed by atoms with E-state index in [9.17, 15) is 10.1 Å². The molecular formula is C26H31N5O3. The first kappa shape index (κ1) is 24.9. The summed E-state index contributed by atoms with van der Waals surface area (Å²) in [6, 6.07) is 7.67. The van der Waals surface area contributed by atoms with E-state index < -0.39 is 11.7 Å². The highest BCUT2D eigenvalue weighted by molar-refractivity contribution is 5.93. The Balaban J connectivity index is 1.73. The molecule has 3 heterocycles. The molecule has 0 radical (unpaired) electrons. The van der Waals surface area contributed by atoms with E-state index in [0.29, 0.717) is 24.6 Å². The second kappa shape index (κ2) is 10.9. The van der Waals surface area contributed by atoms with Crippen LogP contribution in [0.15, 0.2) is 43.0 Å². The Labute approximate surface area is 200 Å². The van der Waals surface area contributed by atoms with Gasteiger partial charge in [0.1, 0.15) is 17.2 Å². The average Bonchev–Trinajstić information content (AvgIpc) is 2.79. The molecule has 0 aliphatic carbocycles. The molecule has 0 aromatic carbocycles. The van der Waals surface area contributed by atoms with Gasteiger partial charge in [-0.2, -0.15) is 5.26 Å². The van der Waals surface area contributed by atoms with E-state index in [1.54, 1.807) is 30.9 Å². The molecule has 3 rings (SSSR count). The number of fused-ring (bicyclic) bond motifs is 1. The van der Waals surface area contributed by atoms with Crippen molar-refractivity contribution in [1.82, 2.24) is 20.3 Å². The highest BCUT2D eigenvalue weighted by Crippen LogP contribution is 2.29. The average molecular weight is 462 g/mol. The number of nitrogens with zero attached hydrogens (tertiary/aromatic N) is 4. The summed E-state index contributed by atoms with van der Waals surface area (Å²) < 4.78 is 11.3. The van der Waals surface area contributed by atoms with E-state index in [0.717, 1.165) is 28.5 Å². The van der Waals surface area contributed by atoms with Gasteiger partial charge in [-0.1, -0.05) is 13.8 Å². The molecule has 0 saturated heterocycles. The summed E-state index contributed by atoms with van der Waals surface area (Å²) in [6.07, 6.45) is 7.24. The number of aromatic nitrogens is 3. The first-order chi connectivity index (χ1) is 16.2. The first-order valence-electron chi connectivity index (χ1n) is 11.3. The summed E-state index contributed by atoms with van der Waals surface area (Å²) in [5.41, 5.74) is 2.29. The molecule has 0 bridgehead atoms. The predicted molar refractivity (Wildman–Crippen MR) is 130 cm³/mol. The maximum Gasteiger partial charge on any atom is 0.407 e. The van der Waals surface area contributed by atoms with Gasteiger partial charge in [0.15, 0.2) is 0 Å². The van der Waals surface area contributed by atoms with Crippen molar-refractivity contribution in [3.8, 4) is 23.1 Å². The molecule has 3 aromatic rings. The maximum atomic E-state index is 12.1. The van der Waals surface area contributed by atoms with Gasteiger partial charge in [0.25, 0.3) is 0 Å². The lowest BCUT2D eigenvalue weighted by atomic mass is 9.98. The number of nitriles is 1. The molecule has 178 valence electrons. The number of amides is 1. The van der Waals surface area contributed by atoms with Crippen molar-refractivity contribution < 1.29 is 14.3 Å². The molecular weight excluding hydrogens is 430 g/mol. The molecule has 34 heavy (non-hydrogen) atoms. The number of hydrogen-bond acceptors (Lipinski definition) is 7. The number of alkyl carbamates (subject to hydrolysis) is 1. The molecule has 0 fully saturated rings. The van der Waals surface area contributed by atoms with Crippen molar-refractivity contribution >= 4 is 17.0 Å². The van der Waals surface area contributed by atoms with Crippen molar-refractivity contribution in [1.29, 1.82) is 5.26 Å². The highest BCUT2D eigenvalue weighted by Gasteiger charge is 2.19. The second-order valence-electron chi connectivity index (χ2n) is 9.63.